The Morgan fingerprint density at radius 3 is 3.10 bits per heavy atom. The van der Waals surface area contributed by atoms with E-state index in [9.17, 15) is 4.79 Å². The number of carbonyl (C=O) groups is 1. The van der Waals surface area contributed by atoms with Crippen LogP contribution in [-0.4, -0.2) is 45.9 Å². The van der Waals surface area contributed by atoms with Gasteiger partial charge in [-0.05, 0) is 38.7 Å². The van der Waals surface area contributed by atoms with Gasteiger partial charge in [0.1, 0.15) is 6.10 Å². The maximum absolute atomic E-state index is 12.5. The molecule has 1 aromatic rings. The molecule has 0 aliphatic carbocycles. The van der Waals surface area contributed by atoms with Crippen molar-refractivity contribution in [2.45, 2.75) is 51.8 Å². The van der Waals surface area contributed by atoms with Crippen LogP contribution in [-0.2, 0) is 16.1 Å². The fraction of sp³-hybridized carbons (Fsp3) is 0.625. The average Bonchev–Trinajstić information content (AvgIpc) is 2.89. The number of piperidine rings is 1. The Bertz CT molecular complexity index is 484. The fourth-order valence-electron chi connectivity index (χ4n) is 2.78. The number of aryl methyl sites for hydroxylation is 1. The van der Waals surface area contributed by atoms with E-state index in [1.807, 2.05) is 35.8 Å². The molecule has 116 valence electrons. The quantitative estimate of drug-likeness (QED) is 0.755. The zero-order chi connectivity index (χ0) is 15.2. The lowest BCUT2D eigenvalue weighted by Crippen LogP contribution is -2.49. The Hall–Kier alpha value is -1.62. The Labute approximate surface area is 126 Å². The molecule has 0 aromatic carbocycles. The number of carbonyl (C=O) groups excluding carboxylic acids is 1. The standard InChI is InChI=1S/C16H25N3O2/c1-4-9-21-14(3)16(20)19-8-6-5-7-15(19)12-18-11-13(2)10-17-18/h4,10-11,14-15H,1,5-9,12H2,2-3H3/t14-,15+/m0/s1. The summed E-state index contributed by atoms with van der Waals surface area (Å²) in [5, 5.41) is 4.33. The molecule has 1 aromatic heterocycles. The van der Waals surface area contributed by atoms with Crippen LogP contribution in [0.25, 0.3) is 0 Å². The normalized spacial score (nSPS) is 20.3. The van der Waals surface area contributed by atoms with Crippen molar-refractivity contribution in [3.8, 4) is 0 Å². The number of hydrogen-bond donors (Lipinski definition) is 0. The van der Waals surface area contributed by atoms with Gasteiger partial charge in [-0.2, -0.15) is 5.10 Å². The largest absolute Gasteiger partial charge is 0.365 e. The molecule has 0 bridgehead atoms. The van der Waals surface area contributed by atoms with Gasteiger partial charge in [0.25, 0.3) is 5.91 Å². The second kappa shape index (κ2) is 7.41. The summed E-state index contributed by atoms with van der Waals surface area (Å²) < 4.78 is 7.41. The molecule has 1 aliphatic heterocycles. The van der Waals surface area contributed by atoms with E-state index in [4.69, 9.17) is 4.74 Å². The second-order valence-electron chi connectivity index (χ2n) is 5.69. The van der Waals surface area contributed by atoms with Gasteiger partial charge in [-0.1, -0.05) is 6.08 Å². The third-order valence-corrected chi connectivity index (χ3v) is 3.88. The molecule has 1 fully saturated rings. The summed E-state index contributed by atoms with van der Waals surface area (Å²) in [7, 11) is 0. The first kappa shape index (κ1) is 15.8. The first-order valence-electron chi connectivity index (χ1n) is 7.64. The highest BCUT2D eigenvalue weighted by Gasteiger charge is 2.30. The van der Waals surface area contributed by atoms with E-state index in [1.54, 1.807) is 6.08 Å². The lowest BCUT2D eigenvalue weighted by Gasteiger charge is -2.37. The zero-order valence-corrected chi connectivity index (χ0v) is 13.0. The monoisotopic (exact) mass is 291 g/mol. The average molecular weight is 291 g/mol. The van der Waals surface area contributed by atoms with E-state index in [-0.39, 0.29) is 11.9 Å². The highest BCUT2D eigenvalue weighted by molar-refractivity contribution is 5.81. The molecule has 0 spiro atoms. The van der Waals surface area contributed by atoms with Crippen LogP contribution in [0.4, 0.5) is 0 Å². The third-order valence-electron chi connectivity index (χ3n) is 3.88. The molecular weight excluding hydrogens is 266 g/mol. The van der Waals surface area contributed by atoms with Crippen LogP contribution in [0.3, 0.4) is 0 Å². The van der Waals surface area contributed by atoms with Crippen molar-refractivity contribution in [1.29, 1.82) is 0 Å². The smallest absolute Gasteiger partial charge is 0.251 e. The molecule has 2 atom stereocenters. The third kappa shape index (κ3) is 4.17. The van der Waals surface area contributed by atoms with E-state index in [2.05, 4.69) is 11.7 Å². The first-order chi connectivity index (χ1) is 10.1. The van der Waals surface area contributed by atoms with E-state index < -0.39 is 6.10 Å². The maximum Gasteiger partial charge on any atom is 0.251 e. The Morgan fingerprint density at radius 2 is 2.43 bits per heavy atom. The molecule has 2 heterocycles. The topological polar surface area (TPSA) is 47.4 Å². The number of ether oxygens (including phenoxy) is 1. The maximum atomic E-state index is 12.5. The Morgan fingerprint density at radius 1 is 1.62 bits per heavy atom. The van der Waals surface area contributed by atoms with Crippen LogP contribution < -0.4 is 0 Å². The number of amides is 1. The molecule has 0 N–H and O–H groups in total. The van der Waals surface area contributed by atoms with Gasteiger partial charge in [0, 0.05) is 12.7 Å². The SMILES string of the molecule is C=CCO[C@@H](C)C(=O)N1CCCC[C@@H]1Cn1cc(C)cn1. The highest BCUT2D eigenvalue weighted by Crippen LogP contribution is 2.20. The summed E-state index contributed by atoms with van der Waals surface area (Å²) in [6.07, 6.45) is 8.39. The van der Waals surface area contributed by atoms with Gasteiger partial charge in [0.2, 0.25) is 0 Å². The summed E-state index contributed by atoms with van der Waals surface area (Å²) >= 11 is 0. The molecule has 0 saturated carbocycles. The summed E-state index contributed by atoms with van der Waals surface area (Å²) in [5.41, 5.74) is 1.14. The van der Waals surface area contributed by atoms with Crippen LogP contribution >= 0.6 is 0 Å². The Balaban J connectivity index is 2.00. The summed E-state index contributed by atoms with van der Waals surface area (Å²) in [4.78, 5) is 14.5. The number of likely N-dealkylation sites (tertiary alicyclic amines) is 1. The van der Waals surface area contributed by atoms with Crippen molar-refractivity contribution < 1.29 is 9.53 Å². The lowest BCUT2D eigenvalue weighted by molar-refractivity contribution is -0.146. The molecule has 2 rings (SSSR count). The number of rotatable bonds is 6. The molecule has 1 aliphatic rings. The zero-order valence-electron chi connectivity index (χ0n) is 13.0. The van der Waals surface area contributed by atoms with Crippen molar-refractivity contribution in [3.05, 3.63) is 30.6 Å². The van der Waals surface area contributed by atoms with Gasteiger partial charge in [0.15, 0.2) is 0 Å². The first-order valence-corrected chi connectivity index (χ1v) is 7.64. The minimum absolute atomic E-state index is 0.0745. The summed E-state index contributed by atoms with van der Waals surface area (Å²) in [6, 6.07) is 0.209. The van der Waals surface area contributed by atoms with Crippen LogP contribution in [0.2, 0.25) is 0 Å². The van der Waals surface area contributed by atoms with Crippen molar-refractivity contribution in [2.24, 2.45) is 0 Å². The van der Waals surface area contributed by atoms with Crippen LogP contribution in [0, 0.1) is 6.92 Å². The molecular formula is C16H25N3O2. The second-order valence-corrected chi connectivity index (χ2v) is 5.69. The number of hydrogen-bond acceptors (Lipinski definition) is 3. The number of aromatic nitrogens is 2. The van der Waals surface area contributed by atoms with Gasteiger partial charge in [-0.15, -0.1) is 6.58 Å². The lowest BCUT2D eigenvalue weighted by atomic mass is 10.0. The van der Waals surface area contributed by atoms with Crippen molar-refractivity contribution in [1.82, 2.24) is 14.7 Å². The van der Waals surface area contributed by atoms with Crippen molar-refractivity contribution in [3.63, 3.8) is 0 Å². The molecule has 0 radical (unpaired) electrons. The van der Waals surface area contributed by atoms with Crippen LogP contribution in [0.15, 0.2) is 25.0 Å². The molecule has 5 heteroatoms. The molecule has 1 amide bonds. The molecule has 5 nitrogen and oxygen atoms in total. The molecule has 0 unspecified atom stereocenters. The summed E-state index contributed by atoms with van der Waals surface area (Å²) in [6.45, 7) is 9.43. The molecule has 21 heavy (non-hydrogen) atoms. The van der Waals surface area contributed by atoms with Gasteiger partial charge < -0.3 is 9.64 Å². The summed E-state index contributed by atoms with van der Waals surface area (Å²) in [5.74, 6) is 0.0745. The van der Waals surface area contributed by atoms with Crippen LogP contribution in [0.1, 0.15) is 31.7 Å². The number of nitrogens with zero attached hydrogens (tertiary/aromatic N) is 3. The minimum Gasteiger partial charge on any atom is -0.365 e. The van der Waals surface area contributed by atoms with E-state index in [1.165, 1.54) is 0 Å². The molecule has 1 saturated heterocycles. The van der Waals surface area contributed by atoms with Gasteiger partial charge >= 0.3 is 0 Å². The van der Waals surface area contributed by atoms with E-state index in [0.29, 0.717) is 6.61 Å². The highest BCUT2D eigenvalue weighted by atomic mass is 16.5. The van der Waals surface area contributed by atoms with Gasteiger partial charge in [-0.25, -0.2) is 0 Å². The van der Waals surface area contributed by atoms with Gasteiger partial charge in [0.05, 0.1) is 25.4 Å². The Kier molecular flexibility index (Phi) is 5.56. The predicted octanol–water partition coefficient (Wildman–Crippen LogP) is 2.16. The van der Waals surface area contributed by atoms with Crippen molar-refractivity contribution in [2.75, 3.05) is 13.2 Å². The van der Waals surface area contributed by atoms with Gasteiger partial charge in [-0.3, -0.25) is 9.48 Å². The fourth-order valence-corrected chi connectivity index (χ4v) is 2.78. The minimum atomic E-state index is -0.414. The predicted molar refractivity (Wildman–Crippen MR) is 81.9 cm³/mol. The van der Waals surface area contributed by atoms with E-state index in [0.717, 1.165) is 37.9 Å². The van der Waals surface area contributed by atoms with E-state index >= 15 is 0 Å². The van der Waals surface area contributed by atoms with Crippen molar-refractivity contribution >= 4 is 5.91 Å². The van der Waals surface area contributed by atoms with Crippen LogP contribution in [0.5, 0.6) is 0 Å².